The molecule has 1 aromatic rings. The molecule has 1 saturated heterocycles. The lowest BCUT2D eigenvalue weighted by atomic mass is 10.1. The molecule has 1 N–H and O–H groups in total. The highest BCUT2D eigenvalue weighted by Gasteiger charge is 2.29. The molecule has 5 nitrogen and oxygen atoms in total. The Morgan fingerprint density at radius 3 is 2.47 bits per heavy atom. The summed E-state index contributed by atoms with van der Waals surface area (Å²) in [6.07, 6.45) is 0. The van der Waals surface area contributed by atoms with Crippen molar-refractivity contribution in [3.8, 4) is 0 Å². The van der Waals surface area contributed by atoms with Crippen molar-refractivity contribution < 1.29 is 4.79 Å². The fourth-order valence-corrected chi connectivity index (χ4v) is 3.03. The van der Waals surface area contributed by atoms with Gasteiger partial charge in [0.25, 0.3) is 5.91 Å². The standard InChI is InChI=1S/C13H21ClN4O/c1-5-18-12(14)11(10(4)16-18)13(19)17-6-8(2)15-9(3)7-17/h8-9,15H,5-7H2,1-4H3/t8-,9-/m0/s1. The molecular formula is C13H21ClN4O. The molecule has 19 heavy (non-hydrogen) atoms. The van der Waals surface area contributed by atoms with E-state index in [9.17, 15) is 4.79 Å². The molecule has 2 rings (SSSR count). The number of rotatable bonds is 2. The minimum Gasteiger partial charge on any atom is -0.335 e. The van der Waals surface area contributed by atoms with E-state index in [1.54, 1.807) is 4.68 Å². The molecule has 1 aromatic heterocycles. The van der Waals surface area contributed by atoms with Crippen molar-refractivity contribution >= 4 is 17.5 Å². The Hall–Kier alpha value is -1.07. The molecule has 1 amide bonds. The van der Waals surface area contributed by atoms with Crippen LogP contribution in [0.5, 0.6) is 0 Å². The number of nitrogens with one attached hydrogen (secondary N) is 1. The fourth-order valence-electron chi connectivity index (χ4n) is 2.66. The highest BCUT2D eigenvalue weighted by molar-refractivity contribution is 6.33. The molecule has 0 saturated carbocycles. The van der Waals surface area contributed by atoms with E-state index in [2.05, 4.69) is 24.3 Å². The average Bonchev–Trinajstić information content (AvgIpc) is 2.62. The van der Waals surface area contributed by atoms with Crippen LogP contribution in [0.15, 0.2) is 0 Å². The molecular weight excluding hydrogens is 264 g/mol. The molecule has 0 bridgehead atoms. The molecule has 1 aliphatic heterocycles. The van der Waals surface area contributed by atoms with Gasteiger partial charge in [-0.15, -0.1) is 0 Å². The molecule has 0 unspecified atom stereocenters. The Balaban J connectivity index is 2.26. The third kappa shape index (κ3) is 2.77. The van der Waals surface area contributed by atoms with Gasteiger partial charge in [-0.25, -0.2) is 0 Å². The van der Waals surface area contributed by atoms with E-state index < -0.39 is 0 Å². The van der Waals surface area contributed by atoms with E-state index in [0.29, 0.717) is 48.1 Å². The summed E-state index contributed by atoms with van der Waals surface area (Å²) in [6, 6.07) is 0.598. The second-order valence-electron chi connectivity index (χ2n) is 5.25. The number of aromatic nitrogens is 2. The van der Waals surface area contributed by atoms with Crippen LogP contribution in [0.3, 0.4) is 0 Å². The van der Waals surface area contributed by atoms with Crippen molar-refractivity contribution in [2.45, 2.75) is 46.3 Å². The van der Waals surface area contributed by atoms with Crippen LogP contribution in [0.1, 0.15) is 36.8 Å². The normalized spacial score (nSPS) is 23.7. The average molecular weight is 285 g/mol. The number of nitrogens with zero attached hydrogens (tertiary/aromatic N) is 3. The predicted molar refractivity (Wildman–Crippen MR) is 75.6 cm³/mol. The van der Waals surface area contributed by atoms with Crippen LogP contribution in [-0.2, 0) is 6.54 Å². The summed E-state index contributed by atoms with van der Waals surface area (Å²) in [5.41, 5.74) is 1.25. The Kier molecular flexibility index (Phi) is 4.16. The van der Waals surface area contributed by atoms with Gasteiger partial charge in [-0.3, -0.25) is 9.48 Å². The first-order valence-electron chi connectivity index (χ1n) is 6.72. The van der Waals surface area contributed by atoms with Crippen molar-refractivity contribution in [2.75, 3.05) is 13.1 Å². The fraction of sp³-hybridized carbons (Fsp3) is 0.692. The lowest BCUT2D eigenvalue weighted by Gasteiger charge is -2.36. The van der Waals surface area contributed by atoms with E-state index in [4.69, 9.17) is 11.6 Å². The van der Waals surface area contributed by atoms with Crippen LogP contribution < -0.4 is 5.32 Å². The Bertz CT molecular complexity index is 475. The van der Waals surface area contributed by atoms with Gasteiger partial charge in [0.2, 0.25) is 0 Å². The monoisotopic (exact) mass is 284 g/mol. The molecule has 0 spiro atoms. The number of piperazine rings is 1. The molecule has 0 radical (unpaired) electrons. The van der Waals surface area contributed by atoms with Gasteiger partial charge in [-0.05, 0) is 27.7 Å². The van der Waals surface area contributed by atoms with Crippen LogP contribution in [0.2, 0.25) is 5.15 Å². The van der Waals surface area contributed by atoms with Crippen molar-refractivity contribution in [1.29, 1.82) is 0 Å². The Labute approximate surface area is 118 Å². The summed E-state index contributed by atoms with van der Waals surface area (Å²) in [7, 11) is 0. The van der Waals surface area contributed by atoms with Gasteiger partial charge in [-0.2, -0.15) is 5.10 Å². The Morgan fingerprint density at radius 1 is 1.42 bits per heavy atom. The largest absolute Gasteiger partial charge is 0.335 e. The van der Waals surface area contributed by atoms with E-state index in [-0.39, 0.29) is 5.91 Å². The number of hydrogen-bond donors (Lipinski definition) is 1. The topological polar surface area (TPSA) is 50.2 Å². The maximum absolute atomic E-state index is 12.6. The van der Waals surface area contributed by atoms with E-state index in [0.717, 1.165) is 0 Å². The van der Waals surface area contributed by atoms with E-state index in [1.807, 2.05) is 18.7 Å². The quantitative estimate of drug-likeness (QED) is 0.899. The smallest absolute Gasteiger partial charge is 0.259 e. The van der Waals surface area contributed by atoms with Crippen molar-refractivity contribution in [3.63, 3.8) is 0 Å². The molecule has 0 aliphatic carbocycles. The van der Waals surface area contributed by atoms with Gasteiger partial charge in [0.1, 0.15) is 5.15 Å². The van der Waals surface area contributed by atoms with E-state index in [1.165, 1.54) is 0 Å². The SMILES string of the molecule is CCn1nc(C)c(C(=O)N2C[C@H](C)N[C@@H](C)C2)c1Cl. The lowest BCUT2D eigenvalue weighted by Crippen LogP contribution is -2.55. The molecule has 106 valence electrons. The van der Waals surface area contributed by atoms with E-state index >= 15 is 0 Å². The first-order chi connectivity index (χ1) is 8.93. The van der Waals surface area contributed by atoms with Gasteiger partial charge in [0.15, 0.2) is 0 Å². The summed E-state index contributed by atoms with van der Waals surface area (Å²) in [5.74, 6) is -0.0117. The molecule has 6 heteroatoms. The Morgan fingerprint density at radius 2 is 2.00 bits per heavy atom. The van der Waals surface area contributed by atoms with Gasteiger partial charge in [0, 0.05) is 31.7 Å². The zero-order valence-corrected chi connectivity index (χ0v) is 12.7. The second-order valence-corrected chi connectivity index (χ2v) is 5.60. The van der Waals surface area contributed by atoms with Crippen LogP contribution in [0.25, 0.3) is 0 Å². The van der Waals surface area contributed by atoms with Crippen LogP contribution in [-0.4, -0.2) is 45.8 Å². The molecule has 2 heterocycles. The van der Waals surface area contributed by atoms with Crippen molar-refractivity contribution in [3.05, 3.63) is 16.4 Å². The van der Waals surface area contributed by atoms with Gasteiger partial charge >= 0.3 is 0 Å². The number of aryl methyl sites for hydroxylation is 2. The van der Waals surface area contributed by atoms with Gasteiger partial charge in [0.05, 0.1) is 11.3 Å². The molecule has 2 atom stereocenters. The minimum atomic E-state index is -0.0117. The number of carbonyl (C=O) groups is 1. The predicted octanol–water partition coefficient (Wildman–Crippen LogP) is 1.69. The summed E-state index contributed by atoms with van der Waals surface area (Å²) in [6.45, 7) is 10.0. The lowest BCUT2D eigenvalue weighted by molar-refractivity contribution is 0.0673. The first-order valence-corrected chi connectivity index (χ1v) is 7.10. The summed E-state index contributed by atoms with van der Waals surface area (Å²) >= 11 is 6.25. The highest BCUT2D eigenvalue weighted by Crippen LogP contribution is 2.22. The zero-order valence-electron chi connectivity index (χ0n) is 11.9. The summed E-state index contributed by atoms with van der Waals surface area (Å²) in [4.78, 5) is 14.5. The molecule has 1 aliphatic rings. The minimum absolute atomic E-state index is 0.0117. The zero-order chi connectivity index (χ0) is 14.2. The maximum atomic E-state index is 12.6. The number of amides is 1. The summed E-state index contributed by atoms with van der Waals surface area (Å²) < 4.78 is 1.67. The van der Waals surface area contributed by atoms with Crippen LogP contribution in [0.4, 0.5) is 0 Å². The third-order valence-corrected chi connectivity index (χ3v) is 3.81. The number of halogens is 1. The van der Waals surface area contributed by atoms with Crippen LogP contribution in [0, 0.1) is 6.92 Å². The van der Waals surface area contributed by atoms with Crippen molar-refractivity contribution in [1.82, 2.24) is 20.0 Å². The van der Waals surface area contributed by atoms with Gasteiger partial charge < -0.3 is 10.2 Å². The number of hydrogen-bond acceptors (Lipinski definition) is 3. The molecule has 0 aromatic carbocycles. The third-order valence-electron chi connectivity index (χ3n) is 3.42. The number of carbonyl (C=O) groups excluding carboxylic acids is 1. The highest BCUT2D eigenvalue weighted by atomic mass is 35.5. The van der Waals surface area contributed by atoms with Gasteiger partial charge in [-0.1, -0.05) is 11.6 Å². The summed E-state index contributed by atoms with van der Waals surface area (Å²) in [5, 5.41) is 8.17. The molecule has 1 fully saturated rings. The first kappa shape index (κ1) is 14.3. The maximum Gasteiger partial charge on any atom is 0.259 e. The second kappa shape index (κ2) is 5.51. The van der Waals surface area contributed by atoms with Crippen LogP contribution >= 0.6 is 11.6 Å². The van der Waals surface area contributed by atoms with Crippen molar-refractivity contribution in [2.24, 2.45) is 0 Å².